The van der Waals surface area contributed by atoms with Crippen molar-refractivity contribution in [3.05, 3.63) is 95.1 Å². The van der Waals surface area contributed by atoms with E-state index in [2.05, 4.69) is 30.3 Å². The topological polar surface area (TPSA) is 70.4 Å². The molecule has 1 aliphatic carbocycles. The van der Waals surface area contributed by atoms with Gasteiger partial charge in [0.1, 0.15) is 6.61 Å². The Morgan fingerprint density at radius 1 is 0.889 bits per heavy atom. The van der Waals surface area contributed by atoms with Gasteiger partial charge in [0.05, 0.1) is 11.6 Å². The fourth-order valence-electron chi connectivity index (χ4n) is 6.54. The molecule has 2 unspecified atom stereocenters. The van der Waals surface area contributed by atoms with Gasteiger partial charge >= 0.3 is 6.09 Å². The fourth-order valence-corrected chi connectivity index (χ4v) is 6.54. The van der Waals surface area contributed by atoms with Crippen molar-refractivity contribution < 1.29 is 14.3 Å². The molecule has 2 fully saturated rings. The van der Waals surface area contributed by atoms with Crippen molar-refractivity contribution in [2.45, 2.75) is 50.1 Å². The molecule has 2 atom stereocenters. The summed E-state index contributed by atoms with van der Waals surface area (Å²) in [5, 5.41) is 9.20. The van der Waals surface area contributed by atoms with E-state index in [1.807, 2.05) is 29.2 Å². The quantitative estimate of drug-likeness (QED) is 0.413. The first-order valence-electron chi connectivity index (χ1n) is 12.8. The first-order valence-corrected chi connectivity index (χ1v) is 12.8. The van der Waals surface area contributed by atoms with Crippen molar-refractivity contribution in [3.8, 4) is 17.2 Å². The number of hydrogen-bond acceptors (Lipinski definition) is 4. The molecule has 2 heterocycles. The predicted octanol–water partition coefficient (Wildman–Crippen LogP) is 6.32. The van der Waals surface area contributed by atoms with E-state index in [-0.39, 0.29) is 35.8 Å². The molecular formula is C31H28N2O3. The van der Waals surface area contributed by atoms with Gasteiger partial charge in [0.2, 0.25) is 0 Å². The first-order chi connectivity index (χ1) is 17.6. The zero-order valence-corrected chi connectivity index (χ0v) is 20.1. The van der Waals surface area contributed by atoms with Gasteiger partial charge in [-0.1, -0.05) is 60.7 Å². The van der Waals surface area contributed by atoms with Gasteiger partial charge in [-0.2, -0.15) is 5.26 Å². The van der Waals surface area contributed by atoms with Gasteiger partial charge in [0.25, 0.3) is 0 Å². The molecular weight excluding hydrogens is 448 g/mol. The van der Waals surface area contributed by atoms with Crippen LogP contribution in [0.1, 0.15) is 65.1 Å². The van der Waals surface area contributed by atoms with Gasteiger partial charge < -0.3 is 9.64 Å². The summed E-state index contributed by atoms with van der Waals surface area (Å²) >= 11 is 0. The molecule has 2 saturated heterocycles. The number of carbonyl (C=O) groups is 2. The van der Waals surface area contributed by atoms with E-state index in [0.29, 0.717) is 30.6 Å². The number of hydrogen-bond donors (Lipinski definition) is 0. The van der Waals surface area contributed by atoms with Crippen LogP contribution >= 0.6 is 0 Å². The Bertz CT molecular complexity index is 1310. The summed E-state index contributed by atoms with van der Waals surface area (Å²) in [4.78, 5) is 28.6. The number of carbonyl (C=O) groups excluding carboxylic acids is 2. The molecule has 0 spiro atoms. The number of amides is 1. The molecule has 0 saturated carbocycles. The van der Waals surface area contributed by atoms with E-state index >= 15 is 0 Å². The molecule has 3 aromatic rings. The molecule has 36 heavy (non-hydrogen) atoms. The molecule has 5 nitrogen and oxygen atoms in total. The number of nitrogens with zero attached hydrogens (tertiary/aromatic N) is 2. The number of benzene rings is 3. The van der Waals surface area contributed by atoms with Crippen LogP contribution in [-0.4, -0.2) is 35.5 Å². The van der Waals surface area contributed by atoms with Gasteiger partial charge in [-0.05, 0) is 66.5 Å². The molecule has 0 aromatic heterocycles. The zero-order valence-electron chi connectivity index (χ0n) is 20.1. The van der Waals surface area contributed by atoms with Crippen LogP contribution in [0.4, 0.5) is 4.79 Å². The highest BCUT2D eigenvalue weighted by atomic mass is 16.6. The van der Waals surface area contributed by atoms with Crippen LogP contribution in [0.2, 0.25) is 0 Å². The molecule has 6 rings (SSSR count). The Morgan fingerprint density at radius 2 is 1.53 bits per heavy atom. The summed E-state index contributed by atoms with van der Waals surface area (Å²) in [5.41, 5.74) is 5.92. The molecule has 3 aliphatic rings. The van der Waals surface area contributed by atoms with Crippen molar-refractivity contribution in [1.82, 2.24) is 4.90 Å². The van der Waals surface area contributed by atoms with Crippen molar-refractivity contribution in [1.29, 1.82) is 5.26 Å². The number of piperidine rings is 2. The third-order valence-electron chi connectivity index (χ3n) is 8.17. The van der Waals surface area contributed by atoms with Crippen LogP contribution in [0.5, 0.6) is 0 Å². The number of nitriles is 1. The minimum atomic E-state index is -0.260. The summed E-state index contributed by atoms with van der Waals surface area (Å²) in [6.45, 7) is 0.312. The van der Waals surface area contributed by atoms with E-state index < -0.39 is 0 Å². The van der Waals surface area contributed by atoms with Gasteiger partial charge in [0, 0.05) is 29.5 Å². The predicted molar refractivity (Wildman–Crippen MR) is 137 cm³/mol. The van der Waals surface area contributed by atoms with Crippen molar-refractivity contribution in [3.63, 3.8) is 0 Å². The lowest BCUT2D eigenvalue weighted by atomic mass is 9.76. The summed E-state index contributed by atoms with van der Waals surface area (Å²) in [5.74, 6) is -0.0178. The maximum absolute atomic E-state index is 13.4. The van der Waals surface area contributed by atoms with Crippen LogP contribution in [-0.2, 0) is 4.74 Å². The second-order valence-electron chi connectivity index (χ2n) is 10.2. The average molecular weight is 477 g/mol. The summed E-state index contributed by atoms with van der Waals surface area (Å²) in [7, 11) is 0. The minimum absolute atomic E-state index is 0.0150. The van der Waals surface area contributed by atoms with Crippen LogP contribution in [0.15, 0.2) is 72.8 Å². The lowest BCUT2D eigenvalue weighted by Crippen LogP contribution is -2.55. The average Bonchev–Trinajstić information content (AvgIpc) is 3.24. The Balaban J connectivity index is 1.16. The minimum Gasteiger partial charge on any atom is -0.448 e. The molecule has 0 N–H and O–H groups in total. The van der Waals surface area contributed by atoms with Crippen LogP contribution in [0.25, 0.3) is 11.1 Å². The van der Waals surface area contributed by atoms with E-state index in [9.17, 15) is 14.9 Å². The first kappa shape index (κ1) is 22.5. The maximum atomic E-state index is 13.4. The van der Waals surface area contributed by atoms with Crippen molar-refractivity contribution in [2.75, 3.05) is 6.61 Å². The Labute approximate surface area is 211 Å². The summed E-state index contributed by atoms with van der Waals surface area (Å²) < 4.78 is 5.99. The second kappa shape index (κ2) is 9.28. The Morgan fingerprint density at radius 3 is 2.17 bits per heavy atom. The largest absolute Gasteiger partial charge is 0.448 e. The maximum Gasteiger partial charge on any atom is 0.410 e. The monoisotopic (exact) mass is 476 g/mol. The summed E-state index contributed by atoms with van der Waals surface area (Å²) in [6.07, 6.45) is 3.88. The van der Waals surface area contributed by atoms with Crippen molar-refractivity contribution >= 4 is 11.9 Å². The number of ketones is 1. The number of fused-ring (bicyclic) bond motifs is 5. The molecule has 180 valence electrons. The molecule has 5 heteroatoms. The van der Waals surface area contributed by atoms with Crippen LogP contribution < -0.4 is 0 Å². The Kier molecular flexibility index (Phi) is 5.81. The van der Waals surface area contributed by atoms with Crippen molar-refractivity contribution in [2.24, 2.45) is 5.92 Å². The Hall–Kier alpha value is -3.91. The molecule has 1 amide bonds. The van der Waals surface area contributed by atoms with Gasteiger partial charge in [-0.25, -0.2) is 4.79 Å². The highest BCUT2D eigenvalue weighted by Crippen LogP contribution is 2.45. The van der Waals surface area contributed by atoms with Gasteiger partial charge in [-0.3, -0.25) is 4.79 Å². The molecule has 2 aliphatic heterocycles. The molecule has 3 aromatic carbocycles. The number of rotatable bonds is 4. The van der Waals surface area contributed by atoms with Crippen LogP contribution in [0.3, 0.4) is 0 Å². The van der Waals surface area contributed by atoms with E-state index in [1.165, 1.54) is 22.3 Å². The highest BCUT2D eigenvalue weighted by molar-refractivity contribution is 5.98. The fraction of sp³-hybridized carbons (Fsp3) is 0.323. The van der Waals surface area contributed by atoms with Gasteiger partial charge in [-0.15, -0.1) is 0 Å². The molecule has 0 radical (unpaired) electrons. The lowest BCUT2D eigenvalue weighted by Gasteiger charge is -2.47. The second-order valence-corrected chi connectivity index (χ2v) is 10.2. The van der Waals surface area contributed by atoms with E-state index in [1.54, 1.807) is 24.3 Å². The number of Topliss-reactive ketones (excluding diaryl/α,β-unsaturated/α-hetero) is 1. The van der Waals surface area contributed by atoms with E-state index in [4.69, 9.17) is 4.74 Å². The molecule has 2 bridgehead atoms. The smallest absolute Gasteiger partial charge is 0.410 e. The number of ether oxygens (including phenoxy) is 1. The normalized spacial score (nSPS) is 22.3. The third kappa shape index (κ3) is 3.87. The van der Waals surface area contributed by atoms with Gasteiger partial charge in [0.15, 0.2) is 5.78 Å². The van der Waals surface area contributed by atoms with E-state index in [0.717, 1.165) is 19.3 Å². The highest BCUT2D eigenvalue weighted by Gasteiger charge is 2.44. The summed E-state index contributed by atoms with van der Waals surface area (Å²) in [6, 6.07) is 25.8. The SMILES string of the molecule is N#Cc1cccc(C(=O)C2CC3CCCC(C2)N3C(=O)OCC2c3ccccc3-c3ccccc32)c1. The lowest BCUT2D eigenvalue weighted by molar-refractivity contribution is 0.00651. The standard InChI is InChI=1S/C31H28N2O3/c32-18-20-7-5-8-21(15-20)30(34)22-16-23-9-6-10-24(17-22)33(23)31(35)36-19-29-27-13-3-1-11-25(27)26-12-2-4-14-28(26)29/h1-5,7-8,11-15,22-24,29H,6,9-10,16-17,19H2. The van der Waals surface area contributed by atoms with Crippen LogP contribution in [0, 0.1) is 17.2 Å². The zero-order chi connectivity index (χ0) is 24.6. The third-order valence-corrected chi connectivity index (χ3v) is 8.17.